The van der Waals surface area contributed by atoms with Crippen LogP contribution in [0.3, 0.4) is 0 Å². The highest BCUT2D eigenvalue weighted by Gasteiger charge is 2.11. The fraction of sp³-hybridized carbons (Fsp3) is 0.400. The molecule has 0 saturated heterocycles. The molecule has 0 atom stereocenters. The Hall–Kier alpha value is -0.0400. The van der Waals surface area contributed by atoms with Crippen molar-refractivity contribution in [2.24, 2.45) is 0 Å². The van der Waals surface area contributed by atoms with Crippen LogP contribution in [0.4, 0.5) is 0 Å². The molecular weight excluding hydrogens is 319 g/mol. The Labute approximate surface area is 124 Å². The van der Waals surface area contributed by atoms with E-state index in [1.807, 2.05) is 0 Å². The maximum absolute atomic E-state index is 11.7. The fourth-order valence-electron chi connectivity index (χ4n) is 1.23. The SMILES string of the molecule is CNCCNS(=O)(=O)Cc1ccc(Cl)c(Cl)c1.Cl. The molecule has 0 aliphatic carbocycles. The van der Waals surface area contributed by atoms with Gasteiger partial charge < -0.3 is 5.32 Å². The summed E-state index contributed by atoms with van der Waals surface area (Å²) in [5, 5.41) is 3.62. The summed E-state index contributed by atoms with van der Waals surface area (Å²) in [6.45, 7) is 0.945. The second kappa shape index (κ2) is 8.19. The zero-order chi connectivity index (χ0) is 12.9. The maximum atomic E-state index is 11.7. The molecule has 1 rings (SSSR count). The fourth-order valence-corrected chi connectivity index (χ4v) is 2.69. The molecule has 18 heavy (non-hydrogen) atoms. The van der Waals surface area contributed by atoms with Gasteiger partial charge in [0.1, 0.15) is 0 Å². The maximum Gasteiger partial charge on any atom is 0.215 e. The number of rotatable bonds is 6. The van der Waals surface area contributed by atoms with Gasteiger partial charge in [0.25, 0.3) is 0 Å². The summed E-state index contributed by atoms with van der Waals surface area (Å²) in [5.74, 6) is -0.104. The van der Waals surface area contributed by atoms with Crippen LogP contribution >= 0.6 is 35.6 Å². The van der Waals surface area contributed by atoms with Crippen LogP contribution in [0.2, 0.25) is 10.0 Å². The highest BCUT2D eigenvalue weighted by atomic mass is 35.5. The summed E-state index contributed by atoms with van der Waals surface area (Å²) in [6, 6.07) is 4.79. The molecule has 0 aliphatic heterocycles. The Kier molecular flexibility index (Phi) is 8.18. The Balaban J connectivity index is 0.00000289. The van der Waals surface area contributed by atoms with Crippen LogP contribution in [0.15, 0.2) is 18.2 Å². The quantitative estimate of drug-likeness (QED) is 0.783. The van der Waals surface area contributed by atoms with Gasteiger partial charge in [-0.3, -0.25) is 0 Å². The van der Waals surface area contributed by atoms with Crippen molar-refractivity contribution in [1.29, 1.82) is 0 Å². The molecule has 104 valence electrons. The number of benzene rings is 1. The highest BCUT2D eigenvalue weighted by molar-refractivity contribution is 7.88. The van der Waals surface area contributed by atoms with Crippen molar-refractivity contribution in [3.8, 4) is 0 Å². The molecule has 1 aromatic rings. The minimum atomic E-state index is -3.33. The van der Waals surface area contributed by atoms with E-state index in [-0.39, 0.29) is 18.2 Å². The first-order valence-corrected chi connectivity index (χ1v) is 7.41. The van der Waals surface area contributed by atoms with Crippen LogP contribution in [0, 0.1) is 0 Å². The Morgan fingerprint density at radius 3 is 2.39 bits per heavy atom. The standard InChI is InChI=1S/C10H14Cl2N2O2S.ClH/c1-13-4-5-14-17(15,16)7-8-2-3-9(11)10(12)6-8;/h2-3,6,13-14H,4-5,7H2,1H3;1H. The Bertz CT molecular complexity index is 480. The van der Waals surface area contributed by atoms with Crippen molar-refractivity contribution in [3.63, 3.8) is 0 Å². The molecule has 8 heteroatoms. The van der Waals surface area contributed by atoms with Crippen molar-refractivity contribution in [2.45, 2.75) is 5.75 Å². The van der Waals surface area contributed by atoms with E-state index in [0.29, 0.717) is 28.7 Å². The number of likely N-dealkylation sites (N-methyl/N-ethyl adjacent to an activating group) is 1. The molecule has 0 amide bonds. The minimum Gasteiger partial charge on any atom is -0.318 e. The number of hydrogen-bond acceptors (Lipinski definition) is 3. The third kappa shape index (κ3) is 6.22. The molecular formula is C10H15Cl3N2O2S. The van der Waals surface area contributed by atoms with Crippen LogP contribution < -0.4 is 10.0 Å². The average Bonchev–Trinajstić information content (AvgIpc) is 2.23. The number of sulfonamides is 1. The lowest BCUT2D eigenvalue weighted by Crippen LogP contribution is -2.31. The van der Waals surface area contributed by atoms with Gasteiger partial charge in [-0.2, -0.15) is 0 Å². The first-order valence-electron chi connectivity index (χ1n) is 5.00. The molecule has 2 N–H and O–H groups in total. The van der Waals surface area contributed by atoms with E-state index in [1.54, 1.807) is 25.2 Å². The predicted molar refractivity (Wildman–Crippen MR) is 78.3 cm³/mol. The zero-order valence-electron chi connectivity index (χ0n) is 9.74. The second-order valence-electron chi connectivity index (χ2n) is 3.51. The number of hydrogen-bond donors (Lipinski definition) is 2. The molecule has 1 aromatic carbocycles. The van der Waals surface area contributed by atoms with Gasteiger partial charge in [-0.1, -0.05) is 29.3 Å². The molecule has 0 fully saturated rings. The van der Waals surface area contributed by atoms with Crippen molar-refractivity contribution in [3.05, 3.63) is 33.8 Å². The lowest BCUT2D eigenvalue weighted by Gasteiger charge is -2.07. The van der Waals surface area contributed by atoms with Crippen molar-refractivity contribution in [1.82, 2.24) is 10.0 Å². The van der Waals surface area contributed by atoms with Crippen molar-refractivity contribution in [2.75, 3.05) is 20.1 Å². The van der Waals surface area contributed by atoms with Gasteiger partial charge in [0.05, 0.1) is 15.8 Å². The van der Waals surface area contributed by atoms with Gasteiger partial charge in [-0.25, -0.2) is 13.1 Å². The minimum absolute atomic E-state index is 0. The van der Waals surface area contributed by atoms with Crippen LogP contribution in [0.1, 0.15) is 5.56 Å². The van der Waals surface area contributed by atoms with Crippen LogP contribution in [0.25, 0.3) is 0 Å². The third-order valence-corrected chi connectivity index (χ3v) is 4.13. The highest BCUT2D eigenvalue weighted by Crippen LogP contribution is 2.23. The molecule has 0 unspecified atom stereocenters. The molecule has 0 spiro atoms. The van der Waals surface area contributed by atoms with E-state index in [9.17, 15) is 8.42 Å². The zero-order valence-corrected chi connectivity index (χ0v) is 12.9. The lowest BCUT2D eigenvalue weighted by molar-refractivity contribution is 0.578. The monoisotopic (exact) mass is 332 g/mol. The Morgan fingerprint density at radius 1 is 1.17 bits per heavy atom. The van der Waals surface area contributed by atoms with E-state index < -0.39 is 10.0 Å². The summed E-state index contributed by atoms with van der Waals surface area (Å²) in [7, 11) is -1.57. The average molecular weight is 334 g/mol. The van der Waals surface area contributed by atoms with E-state index in [1.165, 1.54) is 0 Å². The summed E-state index contributed by atoms with van der Waals surface area (Å²) in [4.78, 5) is 0. The number of nitrogens with one attached hydrogen (secondary N) is 2. The smallest absolute Gasteiger partial charge is 0.215 e. The van der Waals surface area contributed by atoms with E-state index in [4.69, 9.17) is 23.2 Å². The van der Waals surface area contributed by atoms with Gasteiger partial charge in [0.15, 0.2) is 0 Å². The van der Waals surface area contributed by atoms with Gasteiger partial charge in [0, 0.05) is 13.1 Å². The van der Waals surface area contributed by atoms with E-state index in [2.05, 4.69) is 10.0 Å². The molecule has 0 radical (unpaired) electrons. The van der Waals surface area contributed by atoms with Crippen LogP contribution in [-0.2, 0) is 15.8 Å². The first kappa shape index (κ1) is 18.0. The van der Waals surface area contributed by atoms with Gasteiger partial charge in [-0.15, -0.1) is 12.4 Å². The van der Waals surface area contributed by atoms with Crippen molar-refractivity contribution < 1.29 is 8.42 Å². The van der Waals surface area contributed by atoms with Crippen molar-refractivity contribution >= 4 is 45.6 Å². The van der Waals surface area contributed by atoms with Gasteiger partial charge in [0.2, 0.25) is 10.0 Å². The lowest BCUT2D eigenvalue weighted by atomic mass is 10.2. The Morgan fingerprint density at radius 2 is 1.83 bits per heavy atom. The normalized spacial score (nSPS) is 11.1. The molecule has 0 heterocycles. The van der Waals surface area contributed by atoms with E-state index in [0.717, 1.165) is 0 Å². The molecule has 4 nitrogen and oxygen atoms in total. The summed E-state index contributed by atoms with van der Waals surface area (Å²) < 4.78 is 25.8. The third-order valence-electron chi connectivity index (χ3n) is 2.04. The summed E-state index contributed by atoms with van der Waals surface area (Å²) in [6.07, 6.45) is 0. The first-order chi connectivity index (χ1) is 7.94. The van der Waals surface area contributed by atoms with Crippen LogP contribution in [-0.4, -0.2) is 28.6 Å². The van der Waals surface area contributed by atoms with Gasteiger partial charge in [-0.05, 0) is 24.7 Å². The summed E-state index contributed by atoms with van der Waals surface area (Å²) in [5.41, 5.74) is 0.608. The second-order valence-corrected chi connectivity index (χ2v) is 6.13. The van der Waals surface area contributed by atoms with Crippen LogP contribution in [0.5, 0.6) is 0 Å². The molecule has 0 aromatic heterocycles. The topological polar surface area (TPSA) is 58.2 Å². The predicted octanol–water partition coefficient (Wildman–Crippen LogP) is 2.05. The largest absolute Gasteiger partial charge is 0.318 e. The van der Waals surface area contributed by atoms with E-state index >= 15 is 0 Å². The molecule has 0 bridgehead atoms. The molecule has 0 saturated carbocycles. The van der Waals surface area contributed by atoms with Gasteiger partial charge >= 0.3 is 0 Å². The summed E-state index contributed by atoms with van der Waals surface area (Å²) >= 11 is 11.6. The number of halogens is 3. The molecule has 0 aliphatic rings.